The topological polar surface area (TPSA) is 96.4 Å². The molecule has 0 saturated carbocycles. The molecule has 0 fully saturated rings. The van der Waals surface area contributed by atoms with Gasteiger partial charge in [-0.2, -0.15) is 0 Å². The van der Waals surface area contributed by atoms with Gasteiger partial charge in [0.15, 0.2) is 0 Å². The van der Waals surface area contributed by atoms with Gasteiger partial charge in [-0.3, -0.25) is 9.78 Å². The van der Waals surface area contributed by atoms with Gasteiger partial charge in [0.1, 0.15) is 11.5 Å². The summed E-state index contributed by atoms with van der Waals surface area (Å²) in [5.74, 6) is -0.175. The molecule has 0 spiro atoms. The van der Waals surface area contributed by atoms with Crippen molar-refractivity contribution in [1.29, 1.82) is 0 Å². The number of pyridine rings is 1. The van der Waals surface area contributed by atoms with Gasteiger partial charge in [0.05, 0.1) is 24.1 Å². The number of carbonyl (C=O) groups excluding carboxylic acids is 1. The predicted octanol–water partition coefficient (Wildman–Crippen LogP) is 0.245. The van der Waals surface area contributed by atoms with Crippen molar-refractivity contribution in [2.24, 2.45) is 5.73 Å². The monoisotopic (exact) mass is 288 g/mol. The van der Waals surface area contributed by atoms with Gasteiger partial charge in [0.2, 0.25) is 0 Å². The smallest absolute Gasteiger partial charge is 0.149 e. The molecule has 88 valence electrons. The minimum absolute atomic E-state index is 0.0514. The molecule has 0 aliphatic carbocycles. The Hall–Kier alpha value is -0.980. The first kappa shape index (κ1) is 13.1. The second-order valence-corrected chi connectivity index (χ2v) is 3.83. The molecule has 1 aromatic rings. The molecule has 16 heavy (non-hydrogen) atoms. The first-order valence-corrected chi connectivity index (χ1v) is 5.83. The Morgan fingerprint density at radius 1 is 1.56 bits per heavy atom. The molecule has 0 unspecified atom stereocenters. The molecule has 1 heterocycles. The Balaban J connectivity index is 3.08. The van der Waals surface area contributed by atoms with E-state index in [0.717, 1.165) is 0 Å². The van der Waals surface area contributed by atoms with Crippen LogP contribution in [0.1, 0.15) is 16.8 Å². The van der Waals surface area contributed by atoms with Gasteiger partial charge >= 0.3 is 0 Å². The number of rotatable bonds is 5. The number of aliphatic hydroxyl groups excluding tert-OH is 1. The molecule has 1 aromatic heterocycles. The lowest BCUT2D eigenvalue weighted by Crippen LogP contribution is -2.10. The van der Waals surface area contributed by atoms with Gasteiger partial charge in [0.25, 0.3) is 0 Å². The average molecular weight is 289 g/mol. The van der Waals surface area contributed by atoms with Crippen LogP contribution in [0.15, 0.2) is 6.20 Å². The molecule has 0 radical (unpaired) electrons. The molecule has 5 nitrogen and oxygen atoms in total. The van der Waals surface area contributed by atoms with E-state index >= 15 is 0 Å². The summed E-state index contributed by atoms with van der Waals surface area (Å²) in [5.41, 5.74) is 6.68. The van der Waals surface area contributed by atoms with Crippen molar-refractivity contribution in [2.75, 3.05) is 5.33 Å². The number of carbonyl (C=O) groups is 1. The van der Waals surface area contributed by atoms with Crippen LogP contribution >= 0.6 is 15.9 Å². The van der Waals surface area contributed by atoms with E-state index in [1.165, 1.54) is 6.20 Å². The van der Waals surface area contributed by atoms with E-state index in [1.807, 2.05) is 0 Å². The third-order valence-corrected chi connectivity index (χ3v) is 2.84. The third kappa shape index (κ3) is 2.78. The Labute approximate surface area is 101 Å². The van der Waals surface area contributed by atoms with E-state index in [0.29, 0.717) is 16.8 Å². The normalized spacial score (nSPS) is 10.4. The summed E-state index contributed by atoms with van der Waals surface area (Å²) >= 11 is 3.04. The maximum Gasteiger partial charge on any atom is 0.149 e. The lowest BCUT2D eigenvalue weighted by molar-refractivity contribution is -0.115. The van der Waals surface area contributed by atoms with Crippen LogP contribution in [0.5, 0.6) is 5.75 Å². The standard InChI is InChI=1S/C10H13BrN2O3/c11-2-7(15)1-9-10(16)8(3-12)6(5-14)4-13-9/h4,14,16H,1-3,5,12H2. The lowest BCUT2D eigenvalue weighted by atomic mass is 10.1. The van der Waals surface area contributed by atoms with E-state index in [1.54, 1.807) is 0 Å². The molecule has 0 atom stereocenters. The molecule has 4 N–H and O–H groups in total. The summed E-state index contributed by atoms with van der Waals surface area (Å²) in [7, 11) is 0. The van der Waals surface area contributed by atoms with Gasteiger partial charge in [-0.15, -0.1) is 0 Å². The van der Waals surface area contributed by atoms with Crippen molar-refractivity contribution in [2.45, 2.75) is 19.6 Å². The number of aliphatic hydroxyl groups is 1. The van der Waals surface area contributed by atoms with Crippen LogP contribution in [0.4, 0.5) is 0 Å². The minimum atomic E-state index is -0.236. The molecule has 0 bridgehead atoms. The fourth-order valence-corrected chi connectivity index (χ4v) is 1.55. The maximum absolute atomic E-state index is 11.2. The van der Waals surface area contributed by atoms with E-state index in [4.69, 9.17) is 10.8 Å². The van der Waals surface area contributed by atoms with Gasteiger partial charge < -0.3 is 15.9 Å². The summed E-state index contributed by atoms with van der Waals surface area (Å²) in [5, 5.41) is 19.1. The quantitative estimate of drug-likeness (QED) is 0.675. The third-order valence-electron chi connectivity index (χ3n) is 2.21. The van der Waals surface area contributed by atoms with Crippen molar-refractivity contribution < 1.29 is 15.0 Å². The van der Waals surface area contributed by atoms with E-state index in [-0.39, 0.29) is 36.4 Å². The number of Topliss-reactive ketones (excluding diaryl/α,β-unsaturated/α-hetero) is 1. The summed E-state index contributed by atoms with van der Waals surface area (Å²) < 4.78 is 0. The number of aromatic nitrogens is 1. The number of hydrogen-bond donors (Lipinski definition) is 3. The molecule has 6 heteroatoms. The highest BCUT2D eigenvalue weighted by Gasteiger charge is 2.14. The molecule has 0 aliphatic rings. The van der Waals surface area contributed by atoms with Crippen molar-refractivity contribution in [3.63, 3.8) is 0 Å². The molecule has 0 aromatic carbocycles. The van der Waals surface area contributed by atoms with Crippen LogP contribution < -0.4 is 5.73 Å². The number of ketones is 1. The van der Waals surface area contributed by atoms with E-state index < -0.39 is 0 Å². The highest BCUT2D eigenvalue weighted by atomic mass is 79.9. The SMILES string of the molecule is NCc1c(CO)cnc(CC(=O)CBr)c1O. The zero-order valence-corrected chi connectivity index (χ0v) is 10.2. The minimum Gasteiger partial charge on any atom is -0.506 e. The highest BCUT2D eigenvalue weighted by Crippen LogP contribution is 2.24. The Kier molecular flexibility index (Phi) is 4.85. The summed E-state index contributed by atoms with van der Waals surface area (Å²) in [6.45, 7) is -0.139. The molecule has 1 rings (SSSR count). The van der Waals surface area contributed by atoms with Crippen molar-refractivity contribution in [1.82, 2.24) is 4.98 Å². The lowest BCUT2D eigenvalue weighted by Gasteiger charge is -2.10. The number of hydrogen-bond acceptors (Lipinski definition) is 5. The Morgan fingerprint density at radius 2 is 2.25 bits per heavy atom. The first-order chi connectivity index (χ1) is 7.63. The largest absolute Gasteiger partial charge is 0.506 e. The second-order valence-electron chi connectivity index (χ2n) is 3.27. The number of alkyl halides is 1. The van der Waals surface area contributed by atoms with Gasteiger partial charge in [-0.05, 0) is 0 Å². The second kappa shape index (κ2) is 5.93. The maximum atomic E-state index is 11.2. The number of nitrogens with two attached hydrogens (primary N) is 1. The fraction of sp³-hybridized carbons (Fsp3) is 0.400. The Bertz CT molecular complexity index is 396. The highest BCUT2D eigenvalue weighted by molar-refractivity contribution is 9.09. The van der Waals surface area contributed by atoms with Gasteiger partial charge in [-0.1, -0.05) is 15.9 Å². The average Bonchev–Trinajstić information content (AvgIpc) is 2.31. The number of aromatic hydroxyl groups is 1. The van der Waals surface area contributed by atoms with Crippen LogP contribution in [0, 0.1) is 0 Å². The predicted molar refractivity (Wildman–Crippen MR) is 62.2 cm³/mol. The van der Waals surface area contributed by atoms with Crippen LogP contribution in [0.25, 0.3) is 0 Å². The Morgan fingerprint density at radius 3 is 2.75 bits per heavy atom. The molecular weight excluding hydrogens is 276 g/mol. The number of halogens is 1. The van der Waals surface area contributed by atoms with Crippen LogP contribution in [0.2, 0.25) is 0 Å². The summed E-state index contributed by atoms with van der Waals surface area (Å²) in [6, 6.07) is 0. The van der Waals surface area contributed by atoms with E-state index in [2.05, 4.69) is 20.9 Å². The van der Waals surface area contributed by atoms with Crippen molar-refractivity contribution in [3.05, 3.63) is 23.0 Å². The zero-order valence-electron chi connectivity index (χ0n) is 8.61. The molecule has 0 amide bonds. The first-order valence-electron chi connectivity index (χ1n) is 4.71. The van der Waals surface area contributed by atoms with Gasteiger partial charge in [0, 0.05) is 23.9 Å². The van der Waals surface area contributed by atoms with Crippen LogP contribution in [0.3, 0.4) is 0 Å². The van der Waals surface area contributed by atoms with E-state index in [9.17, 15) is 9.90 Å². The molecule has 0 saturated heterocycles. The summed E-state index contributed by atoms with van der Waals surface area (Å²) in [6.07, 6.45) is 1.48. The fourth-order valence-electron chi connectivity index (χ4n) is 1.35. The van der Waals surface area contributed by atoms with Gasteiger partial charge in [-0.25, -0.2) is 0 Å². The molecular formula is C10H13BrN2O3. The number of nitrogens with zero attached hydrogens (tertiary/aromatic N) is 1. The zero-order chi connectivity index (χ0) is 12.1. The van der Waals surface area contributed by atoms with Crippen molar-refractivity contribution >= 4 is 21.7 Å². The summed E-state index contributed by atoms with van der Waals surface area (Å²) in [4.78, 5) is 15.1. The van der Waals surface area contributed by atoms with Crippen molar-refractivity contribution in [3.8, 4) is 5.75 Å². The molecule has 0 aliphatic heterocycles. The van der Waals surface area contributed by atoms with Crippen LogP contribution in [-0.2, 0) is 24.4 Å². The van der Waals surface area contributed by atoms with Crippen LogP contribution in [-0.4, -0.2) is 26.3 Å².